The van der Waals surface area contributed by atoms with Crippen LogP contribution < -0.4 is 5.32 Å². The van der Waals surface area contributed by atoms with Crippen molar-refractivity contribution in [2.24, 2.45) is 0 Å². The summed E-state index contributed by atoms with van der Waals surface area (Å²) in [5.41, 5.74) is 0. The van der Waals surface area contributed by atoms with Crippen LogP contribution in [0, 0.1) is 0 Å². The Kier molecular flexibility index (Phi) is 27.1. The van der Waals surface area contributed by atoms with Gasteiger partial charge >= 0.3 is 0 Å². The first kappa shape index (κ1) is 56.1. The van der Waals surface area contributed by atoms with Crippen LogP contribution in [0.3, 0.4) is 0 Å². The number of aliphatic hydroxyl groups excluding tert-OH is 11. The summed E-state index contributed by atoms with van der Waals surface area (Å²) in [7, 11) is 0. The summed E-state index contributed by atoms with van der Waals surface area (Å²) in [6.07, 6.45) is 0.446. The number of hydrogen-bond donors (Lipinski definition) is 12. The number of nitrogens with one attached hydrogen (secondary N) is 1. The summed E-state index contributed by atoms with van der Waals surface area (Å²) in [5.74, 6) is -0.316. The predicted molar refractivity (Wildman–Crippen MR) is 231 cm³/mol. The summed E-state index contributed by atoms with van der Waals surface area (Å²) in [5, 5.41) is 119. The molecule has 12 N–H and O–H groups in total. The molecular formula is C45H77NO18. The molecule has 0 bridgehead atoms. The van der Waals surface area contributed by atoms with E-state index in [9.17, 15) is 61.0 Å². The Labute approximate surface area is 376 Å². The highest BCUT2D eigenvalue weighted by Gasteiger charge is 2.53. The maximum absolute atomic E-state index is 13.1. The third kappa shape index (κ3) is 17.8. The van der Waals surface area contributed by atoms with Crippen LogP contribution >= 0.6 is 0 Å². The van der Waals surface area contributed by atoms with Crippen LogP contribution in [0.4, 0.5) is 0 Å². The zero-order valence-electron chi connectivity index (χ0n) is 37.2. The molecule has 3 aliphatic rings. The second-order valence-electron chi connectivity index (χ2n) is 16.5. The van der Waals surface area contributed by atoms with E-state index in [1.165, 1.54) is 0 Å². The Hall–Kier alpha value is -2.25. The van der Waals surface area contributed by atoms with Gasteiger partial charge in [-0.2, -0.15) is 0 Å². The lowest BCUT2D eigenvalue weighted by molar-refractivity contribution is -0.379. The Morgan fingerprint density at radius 2 is 1.08 bits per heavy atom. The summed E-state index contributed by atoms with van der Waals surface area (Å²) in [4.78, 5) is 13.1. The van der Waals surface area contributed by atoms with Crippen LogP contribution in [0.1, 0.15) is 97.3 Å². The molecule has 3 saturated heterocycles. The van der Waals surface area contributed by atoms with E-state index in [-0.39, 0.29) is 18.9 Å². The predicted octanol–water partition coefficient (Wildman–Crippen LogP) is -0.367. The third-order valence-electron chi connectivity index (χ3n) is 11.4. The molecule has 19 heteroatoms. The van der Waals surface area contributed by atoms with Crippen molar-refractivity contribution in [1.82, 2.24) is 5.32 Å². The molecular weight excluding hydrogens is 842 g/mol. The number of ether oxygens (including phenoxy) is 6. The highest BCUT2D eigenvalue weighted by atomic mass is 16.8. The number of carbonyl (C=O) groups is 1. The van der Waals surface area contributed by atoms with E-state index < -0.39 is 124 Å². The topological polar surface area (TPSA) is 307 Å². The molecule has 0 aromatic carbocycles. The Morgan fingerprint density at radius 3 is 1.66 bits per heavy atom. The lowest BCUT2D eigenvalue weighted by Crippen LogP contribution is -2.66. The van der Waals surface area contributed by atoms with Gasteiger partial charge in [-0.1, -0.05) is 88.1 Å². The fourth-order valence-corrected chi connectivity index (χ4v) is 7.49. The lowest BCUT2D eigenvalue weighted by Gasteiger charge is -2.48. The average molecular weight is 920 g/mol. The van der Waals surface area contributed by atoms with Gasteiger partial charge in [-0.15, -0.1) is 0 Å². The molecule has 17 unspecified atom stereocenters. The Morgan fingerprint density at radius 1 is 0.578 bits per heavy atom. The van der Waals surface area contributed by atoms with Gasteiger partial charge in [0.25, 0.3) is 0 Å². The minimum absolute atomic E-state index is 0.204. The van der Waals surface area contributed by atoms with E-state index in [4.69, 9.17) is 28.4 Å². The molecule has 0 aliphatic carbocycles. The van der Waals surface area contributed by atoms with Crippen LogP contribution in [0.2, 0.25) is 0 Å². The smallest absolute Gasteiger partial charge is 0.220 e. The SMILES string of the molecule is CC/C=C\C/C=C\C/C=C\CCCCCC(=O)NC(COC1OC(CO)C(OC2OC(CO)C(OC3OC(CO)C(O)C(O)C3O)C(O)C2O)C(O)C1O)C(O)/C=C/CCCCCC. The largest absolute Gasteiger partial charge is 0.394 e. The maximum atomic E-state index is 13.1. The zero-order valence-corrected chi connectivity index (χ0v) is 37.2. The summed E-state index contributed by atoms with van der Waals surface area (Å²) < 4.78 is 33.9. The second-order valence-corrected chi connectivity index (χ2v) is 16.5. The van der Waals surface area contributed by atoms with Crippen molar-refractivity contribution < 1.29 is 89.4 Å². The fourth-order valence-electron chi connectivity index (χ4n) is 7.49. The molecule has 3 rings (SSSR count). The molecule has 3 aliphatic heterocycles. The van der Waals surface area contributed by atoms with Gasteiger partial charge in [0, 0.05) is 6.42 Å². The van der Waals surface area contributed by atoms with Crippen molar-refractivity contribution in [2.45, 2.75) is 202 Å². The molecule has 370 valence electrons. The van der Waals surface area contributed by atoms with E-state index in [2.05, 4.69) is 55.6 Å². The molecule has 19 nitrogen and oxygen atoms in total. The molecule has 1 amide bonds. The van der Waals surface area contributed by atoms with Crippen LogP contribution in [0.15, 0.2) is 48.6 Å². The first-order valence-electron chi connectivity index (χ1n) is 22.9. The fraction of sp³-hybridized carbons (Fsp3) is 0.800. The van der Waals surface area contributed by atoms with Crippen molar-refractivity contribution in [2.75, 3.05) is 26.4 Å². The van der Waals surface area contributed by atoms with Crippen LogP contribution in [0.25, 0.3) is 0 Å². The molecule has 17 atom stereocenters. The first-order chi connectivity index (χ1) is 30.8. The van der Waals surface area contributed by atoms with Gasteiger partial charge in [0.15, 0.2) is 18.9 Å². The van der Waals surface area contributed by atoms with Crippen molar-refractivity contribution >= 4 is 5.91 Å². The normalized spacial score (nSPS) is 34.9. The maximum Gasteiger partial charge on any atom is 0.220 e. The van der Waals surface area contributed by atoms with Gasteiger partial charge in [0.1, 0.15) is 73.2 Å². The molecule has 0 aromatic rings. The quantitative estimate of drug-likeness (QED) is 0.0337. The third-order valence-corrected chi connectivity index (χ3v) is 11.4. The van der Waals surface area contributed by atoms with E-state index >= 15 is 0 Å². The minimum atomic E-state index is -1.98. The van der Waals surface area contributed by atoms with Gasteiger partial charge in [0.2, 0.25) is 5.91 Å². The molecule has 3 fully saturated rings. The Bertz CT molecular complexity index is 1380. The molecule has 64 heavy (non-hydrogen) atoms. The standard InChI is InChI=1S/C45H77NO18/c1-3-5-7-9-11-12-13-14-15-16-17-19-21-23-33(51)46-28(29(50)22-20-18-10-8-6-4-2)27-59-43-39(57)36(54)41(31(25-48)61-43)64-45-40(58)37(55)42(32(26-49)62-45)63-44-38(56)35(53)34(52)30(24-47)60-44/h5,7,11-12,14-15,20,22,28-32,34-45,47-50,52-58H,3-4,6,8-10,13,16-19,21,23-27H2,1-2H3,(H,46,51)/b7-5-,12-11-,15-14-,22-20+. The number of allylic oxidation sites excluding steroid dienone is 7. The minimum Gasteiger partial charge on any atom is -0.394 e. The van der Waals surface area contributed by atoms with Gasteiger partial charge < -0.3 is 89.9 Å². The summed E-state index contributed by atoms with van der Waals surface area (Å²) in [6, 6.07) is -0.983. The van der Waals surface area contributed by atoms with E-state index in [0.29, 0.717) is 6.42 Å². The number of unbranched alkanes of at least 4 members (excludes halogenated alkanes) is 7. The highest BCUT2D eigenvalue weighted by molar-refractivity contribution is 5.76. The highest BCUT2D eigenvalue weighted by Crippen LogP contribution is 2.33. The number of carbonyl (C=O) groups excluding carboxylic acids is 1. The monoisotopic (exact) mass is 920 g/mol. The van der Waals surface area contributed by atoms with Gasteiger partial charge in [0.05, 0.1) is 38.6 Å². The zero-order chi connectivity index (χ0) is 47.0. The van der Waals surface area contributed by atoms with Gasteiger partial charge in [-0.05, 0) is 51.4 Å². The molecule has 0 spiro atoms. The second kappa shape index (κ2) is 30.9. The van der Waals surface area contributed by atoms with Crippen LogP contribution in [-0.2, 0) is 33.2 Å². The van der Waals surface area contributed by atoms with E-state index in [1.807, 2.05) is 6.08 Å². The molecule has 0 saturated carbocycles. The molecule has 3 heterocycles. The van der Waals surface area contributed by atoms with Crippen LogP contribution in [-0.4, -0.2) is 193 Å². The molecule has 0 aromatic heterocycles. The summed E-state index contributed by atoms with van der Waals surface area (Å²) >= 11 is 0. The van der Waals surface area contributed by atoms with E-state index in [1.54, 1.807) is 6.08 Å². The first-order valence-corrected chi connectivity index (χ1v) is 22.9. The number of hydrogen-bond acceptors (Lipinski definition) is 18. The van der Waals surface area contributed by atoms with Gasteiger partial charge in [-0.25, -0.2) is 0 Å². The van der Waals surface area contributed by atoms with Crippen molar-refractivity contribution in [1.29, 1.82) is 0 Å². The lowest BCUT2D eigenvalue weighted by atomic mass is 9.96. The number of rotatable bonds is 29. The van der Waals surface area contributed by atoms with Crippen LogP contribution in [0.5, 0.6) is 0 Å². The van der Waals surface area contributed by atoms with E-state index in [0.717, 1.165) is 70.6 Å². The Balaban J connectivity index is 1.58. The van der Waals surface area contributed by atoms with Crippen molar-refractivity contribution in [3.63, 3.8) is 0 Å². The van der Waals surface area contributed by atoms with Crippen molar-refractivity contribution in [3.05, 3.63) is 48.6 Å². The average Bonchev–Trinajstić information content (AvgIpc) is 3.29. The number of aliphatic hydroxyl groups is 11. The number of amides is 1. The van der Waals surface area contributed by atoms with Crippen molar-refractivity contribution in [3.8, 4) is 0 Å². The van der Waals surface area contributed by atoms with Gasteiger partial charge in [-0.3, -0.25) is 4.79 Å². The molecule has 0 radical (unpaired) electrons. The summed E-state index contributed by atoms with van der Waals surface area (Å²) in [6.45, 7) is 1.41.